The van der Waals surface area contributed by atoms with E-state index >= 15 is 0 Å². The smallest absolute Gasteiger partial charge is 0.280 e. The van der Waals surface area contributed by atoms with Crippen LogP contribution in [-0.4, -0.2) is 29.7 Å². The lowest BCUT2D eigenvalue weighted by Gasteiger charge is -2.10. The maximum Gasteiger partial charge on any atom is 0.280 e. The average molecular weight is 325 g/mol. The molecule has 0 saturated heterocycles. The normalized spacial score (nSPS) is 11.0. The van der Waals surface area contributed by atoms with Gasteiger partial charge in [0, 0.05) is 25.3 Å². The van der Waals surface area contributed by atoms with Gasteiger partial charge in [0.2, 0.25) is 5.95 Å². The molecule has 0 amide bonds. The van der Waals surface area contributed by atoms with E-state index in [0.29, 0.717) is 37.4 Å². The molecule has 1 heterocycles. The van der Waals surface area contributed by atoms with E-state index in [1.54, 1.807) is 0 Å². The molecule has 1 aromatic heterocycles. The van der Waals surface area contributed by atoms with Crippen LogP contribution in [0.15, 0.2) is 30.3 Å². The predicted octanol–water partition coefficient (Wildman–Crippen LogP) is 4.06. The van der Waals surface area contributed by atoms with Crippen LogP contribution in [0.25, 0.3) is 11.3 Å². The van der Waals surface area contributed by atoms with Gasteiger partial charge < -0.3 is 10.1 Å². The number of nitrogens with one attached hydrogen (secondary N) is 1. The summed E-state index contributed by atoms with van der Waals surface area (Å²) in [7, 11) is 0. The van der Waals surface area contributed by atoms with Crippen molar-refractivity contribution in [3.8, 4) is 11.3 Å². The number of hydrogen-bond acceptors (Lipinski definition) is 4. The van der Waals surface area contributed by atoms with Crippen LogP contribution < -0.4 is 5.32 Å². The average Bonchev–Trinajstić information content (AvgIpc) is 2.55. The van der Waals surface area contributed by atoms with Gasteiger partial charge in [0.25, 0.3) is 6.43 Å². The monoisotopic (exact) mass is 325 g/mol. The highest BCUT2D eigenvalue weighted by atomic mass is 19.3. The van der Waals surface area contributed by atoms with Gasteiger partial charge in [0.05, 0.1) is 5.69 Å². The largest absolute Gasteiger partial charge is 0.382 e. The minimum atomic E-state index is -2.71. The molecule has 0 saturated carbocycles. The third kappa shape index (κ3) is 5.21. The van der Waals surface area contributed by atoms with Crippen LogP contribution in [0.3, 0.4) is 0 Å². The maximum atomic E-state index is 13.0. The van der Waals surface area contributed by atoms with Gasteiger partial charge in [-0.05, 0) is 43.7 Å². The van der Waals surface area contributed by atoms with Crippen molar-refractivity contribution in [3.05, 3.63) is 41.8 Å². The number of halogens is 3. The predicted molar refractivity (Wildman–Crippen MR) is 82.0 cm³/mol. The van der Waals surface area contributed by atoms with Crippen molar-refractivity contribution >= 4 is 5.95 Å². The van der Waals surface area contributed by atoms with Crippen molar-refractivity contribution in [2.24, 2.45) is 0 Å². The van der Waals surface area contributed by atoms with Crippen LogP contribution >= 0.6 is 0 Å². The Labute approximate surface area is 132 Å². The second kappa shape index (κ2) is 8.47. The minimum Gasteiger partial charge on any atom is -0.382 e. The Morgan fingerprint density at radius 1 is 1.17 bits per heavy atom. The van der Waals surface area contributed by atoms with Crippen molar-refractivity contribution in [2.75, 3.05) is 25.1 Å². The zero-order chi connectivity index (χ0) is 16.7. The highest BCUT2D eigenvalue weighted by molar-refractivity contribution is 5.60. The summed E-state index contributed by atoms with van der Waals surface area (Å²) < 4.78 is 44.2. The highest BCUT2D eigenvalue weighted by Gasteiger charge is 2.14. The van der Waals surface area contributed by atoms with Gasteiger partial charge in [0.1, 0.15) is 11.5 Å². The summed E-state index contributed by atoms with van der Waals surface area (Å²) in [5.41, 5.74) is 0.502. The first-order valence-electron chi connectivity index (χ1n) is 7.35. The molecule has 1 aromatic carbocycles. The van der Waals surface area contributed by atoms with Crippen LogP contribution in [0.2, 0.25) is 0 Å². The summed E-state index contributed by atoms with van der Waals surface area (Å²) >= 11 is 0. The molecule has 23 heavy (non-hydrogen) atoms. The summed E-state index contributed by atoms with van der Waals surface area (Å²) in [6.45, 7) is 3.61. The molecule has 0 bridgehead atoms. The van der Waals surface area contributed by atoms with Crippen molar-refractivity contribution in [3.63, 3.8) is 0 Å². The van der Waals surface area contributed by atoms with Crippen molar-refractivity contribution in [1.29, 1.82) is 0 Å². The van der Waals surface area contributed by atoms with Gasteiger partial charge in [-0.25, -0.2) is 23.1 Å². The second-order valence-electron chi connectivity index (χ2n) is 4.79. The third-order valence-corrected chi connectivity index (χ3v) is 3.06. The molecule has 0 spiro atoms. The number of ether oxygens (including phenoxy) is 1. The molecular formula is C16H18F3N3O. The number of rotatable bonds is 8. The first-order valence-corrected chi connectivity index (χ1v) is 7.35. The Hall–Kier alpha value is -2.15. The summed E-state index contributed by atoms with van der Waals surface area (Å²) in [6.07, 6.45) is -2.00. The SMILES string of the molecule is CCOCCCNc1nc(-c2ccc(F)cc2)cc(C(F)F)n1. The van der Waals surface area contributed by atoms with Gasteiger partial charge in [0.15, 0.2) is 0 Å². The number of anilines is 1. The third-order valence-electron chi connectivity index (χ3n) is 3.06. The standard InChI is InChI=1S/C16H18F3N3O/c1-2-23-9-3-8-20-16-21-13(10-14(22-16)15(18)19)11-4-6-12(17)7-5-11/h4-7,10,15H,2-3,8-9H2,1H3,(H,20,21,22). The van der Waals surface area contributed by atoms with Crippen LogP contribution in [0.4, 0.5) is 19.1 Å². The highest BCUT2D eigenvalue weighted by Crippen LogP contribution is 2.24. The fourth-order valence-electron chi connectivity index (χ4n) is 1.94. The summed E-state index contributed by atoms with van der Waals surface area (Å²) in [5, 5.41) is 2.91. The Balaban J connectivity index is 2.16. The molecule has 2 aromatic rings. The Bertz CT molecular complexity index is 620. The minimum absolute atomic E-state index is 0.124. The van der Waals surface area contributed by atoms with Crippen LogP contribution in [0, 0.1) is 5.82 Å². The lowest BCUT2D eigenvalue weighted by atomic mass is 10.1. The van der Waals surface area contributed by atoms with E-state index in [1.165, 1.54) is 30.3 Å². The Morgan fingerprint density at radius 3 is 2.57 bits per heavy atom. The van der Waals surface area contributed by atoms with Gasteiger partial charge >= 0.3 is 0 Å². The zero-order valence-electron chi connectivity index (χ0n) is 12.7. The maximum absolute atomic E-state index is 13.0. The number of aromatic nitrogens is 2. The van der Waals surface area contributed by atoms with Gasteiger partial charge in [-0.15, -0.1) is 0 Å². The number of alkyl halides is 2. The molecule has 2 rings (SSSR count). The molecule has 0 aliphatic heterocycles. The van der Waals surface area contributed by atoms with E-state index in [-0.39, 0.29) is 11.6 Å². The molecule has 0 unspecified atom stereocenters. The number of nitrogens with zero attached hydrogens (tertiary/aromatic N) is 2. The fraction of sp³-hybridized carbons (Fsp3) is 0.375. The van der Waals surface area contributed by atoms with Gasteiger partial charge in [-0.3, -0.25) is 0 Å². The Morgan fingerprint density at radius 2 is 1.91 bits per heavy atom. The molecule has 1 N–H and O–H groups in total. The van der Waals surface area contributed by atoms with Crippen molar-refractivity contribution in [2.45, 2.75) is 19.8 Å². The second-order valence-corrected chi connectivity index (χ2v) is 4.79. The van der Waals surface area contributed by atoms with Crippen LogP contribution in [0.1, 0.15) is 25.5 Å². The molecule has 0 radical (unpaired) electrons. The number of benzene rings is 1. The van der Waals surface area contributed by atoms with Crippen molar-refractivity contribution in [1.82, 2.24) is 9.97 Å². The van der Waals surface area contributed by atoms with E-state index in [2.05, 4.69) is 15.3 Å². The Kier molecular flexibility index (Phi) is 6.34. The topological polar surface area (TPSA) is 47.0 Å². The molecule has 4 nitrogen and oxygen atoms in total. The summed E-state index contributed by atoms with van der Waals surface area (Å²) in [6, 6.07) is 6.71. The lowest BCUT2D eigenvalue weighted by Crippen LogP contribution is -2.10. The van der Waals surface area contributed by atoms with E-state index < -0.39 is 12.2 Å². The quantitative estimate of drug-likeness (QED) is 0.744. The van der Waals surface area contributed by atoms with Gasteiger partial charge in [-0.2, -0.15) is 0 Å². The summed E-state index contributed by atoms with van der Waals surface area (Å²) in [5.74, 6) is -0.273. The zero-order valence-corrected chi connectivity index (χ0v) is 12.7. The van der Waals surface area contributed by atoms with E-state index in [4.69, 9.17) is 4.74 Å². The van der Waals surface area contributed by atoms with E-state index in [9.17, 15) is 13.2 Å². The van der Waals surface area contributed by atoms with Crippen LogP contribution in [0.5, 0.6) is 0 Å². The summed E-state index contributed by atoms with van der Waals surface area (Å²) in [4.78, 5) is 8.02. The molecule has 0 aliphatic rings. The molecule has 7 heteroatoms. The lowest BCUT2D eigenvalue weighted by molar-refractivity contribution is 0.145. The van der Waals surface area contributed by atoms with E-state index in [1.807, 2.05) is 6.92 Å². The fourth-order valence-corrected chi connectivity index (χ4v) is 1.94. The van der Waals surface area contributed by atoms with Crippen LogP contribution in [-0.2, 0) is 4.74 Å². The van der Waals surface area contributed by atoms with Crippen molar-refractivity contribution < 1.29 is 17.9 Å². The van der Waals surface area contributed by atoms with E-state index in [0.717, 1.165) is 0 Å². The first-order chi connectivity index (χ1) is 11.1. The first kappa shape index (κ1) is 17.2. The van der Waals surface area contributed by atoms with Gasteiger partial charge in [-0.1, -0.05) is 0 Å². The number of hydrogen-bond donors (Lipinski definition) is 1. The molecule has 0 atom stereocenters. The molecular weight excluding hydrogens is 307 g/mol. The molecule has 0 fully saturated rings. The molecule has 0 aliphatic carbocycles. The molecule has 124 valence electrons.